The average Bonchev–Trinajstić information content (AvgIpc) is 2.87. The number of aromatic nitrogens is 2. The Kier molecular flexibility index (Phi) is 3.87. The minimum Gasteiger partial charge on any atom is -0.456 e. The highest BCUT2D eigenvalue weighted by Crippen LogP contribution is 2.28. The largest absolute Gasteiger partial charge is 0.456 e. The SMILES string of the molecule is Cn1ncc2ccc(-c3cc(C(=O)OC(C)(C)C)ccc3F)cc21. The summed E-state index contributed by atoms with van der Waals surface area (Å²) in [6.07, 6.45) is 1.76. The predicted molar refractivity (Wildman–Crippen MR) is 91.3 cm³/mol. The van der Waals surface area contributed by atoms with Gasteiger partial charge in [-0.1, -0.05) is 12.1 Å². The molecule has 0 bridgehead atoms. The lowest BCUT2D eigenvalue weighted by molar-refractivity contribution is 0.00695. The minimum absolute atomic E-state index is 0.325. The number of nitrogens with zero attached hydrogens (tertiary/aromatic N) is 2. The van der Waals surface area contributed by atoms with Crippen LogP contribution in [0.5, 0.6) is 0 Å². The Morgan fingerprint density at radius 2 is 1.92 bits per heavy atom. The zero-order chi connectivity index (χ0) is 17.5. The van der Waals surface area contributed by atoms with Crippen LogP contribution >= 0.6 is 0 Å². The van der Waals surface area contributed by atoms with Crippen molar-refractivity contribution < 1.29 is 13.9 Å². The first-order chi connectivity index (χ1) is 11.2. The van der Waals surface area contributed by atoms with E-state index in [9.17, 15) is 9.18 Å². The van der Waals surface area contributed by atoms with Crippen LogP contribution in [-0.2, 0) is 11.8 Å². The molecule has 0 fully saturated rings. The van der Waals surface area contributed by atoms with Crippen molar-refractivity contribution in [3.8, 4) is 11.1 Å². The number of carbonyl (C=O) groups excluding carboxylic acids is 1. The Hall–Kier alpha value is -2.69. The van der Waals surface area contributed by atoms with E-state index in [1.54, 1.807) is 31.6 Å². The van der Waals surface area contributed by atoms with Gasteiger partial charge >= 0.3 is 5.97 Å². The van der Waals surface area contributed by atoms with Crippen molar-refractivity contribution in [2.75, 3.05) is 0 Å². The number of halogens is 1. The van der Waals surface area contributed by atoms with Gasteiger partial charge in [-0.05, 0) is 50.6 Å². The van der Waals surface area contributed by atoms with Crippen LogP contribution in [0.3, 0.4) is 0 Å². The number of aryl methyl sites for hydroxylation is 1. The molecule has 0 saturated carbocycles. The Labute approximate surface area is 139 Å². The number of fused-ring (bicyclic) bond motifs is 1. The van der Waals surface area contributed by atoms with Crippen molar-refractivity contribution >= 4 is 16.9 Å². The van der Waals surface area contributed by atoms with Gasteiger partial charge in [0.05, 0.1) is 17.3 Å². The first-order valence-corrected chi connectivity index (χ1v) is 7.70. The van der Waals surface area contributed by atoms with Gasteiger partial charge in [-0.25, -0.2) is 9.18 Å². The maximum Gasteiger partial charge on any atom is 0.338 e. The summed E-state index contributed by atoms with van der Waals surface area (Å²) in [5.74, 6) is -0.853. The Morgan fingerprint density at radius 3 is 2.62 bits per heavy atom. The second kappa shape index (κ2) is 5.74. The van der Waals surface area contributed by atoms with Gasteiger partial charge in [-0.3, -0.25) is 4.68 Å². The van der Waals surface area contributed by atoms with E-state index in [-0.39, 0.29) is 5.82 Å². The second-order valence-electron chi connectivity index (χ2n) is 6.74. The summed E-state index contributed by atoms with van der Waals surface area (Å²) in [5.41, 5.74) is 1.68. The number of esters is 1. The van der Waals surface area contributed by atoms with Gasteiger partial charge in [0.15, 0.2) is 0 Å². The van der Waals surface area contributed by atoms with Gasteiger partial charge in [-0.15, -0.1) is 0 Å². The molecule has 124 valence electrons. The maximum absolute atomic E-state index is 14.3. The van der Waals surface area contributed by atoms with E-state index in [1.807, 2.05) is 25.2 Å². The maximum atomic E-state index is 14.3. The van der Waals surface area contributed by atoms with Crippen molar-refractivity contribution in [3.05, 3.63) is 54.0 Å². The van der Waals surface area contributed by atoms with Crippen LogP contribution in [0, 0.1) is 5.82 Å². The molecule has 5 heteroatoms. The number of hydrogen-bond acceptors (Lipinski definition) is 3. The molecule has 2 aromatic carbocycles. The molecule has 0 aliphatic heterocycles. The molecule has 0 N–H and O–H groups in total. The van der Waals surface area contributed by atoms with Crippen LogP contribution in [-0.4, -0.2) is 21.4 Å². The first-order valence-electron chi connectivity index (χ1n) is 7.70. The highest BCUT2D eigenvalue weighted by atomic mass is 19.1. The van der Waals surface area contributed by atoms with Crippen LogP contribution in [0.1, 0.15) is 31.1 Å². The number of ether oxygens (including phenoxy) is 1. The lowest BCUT2D eigenvalue weighted by Crippen LogP contribution is -2.23. The molecular formula is C19H19FN2O2. The molecule has 3 aromatic rings. The Bertz CT molecular complexity index is 923. The topological polar surface area (TPSA) is 44.1 Å². The minimum atomic E-state index is -0.598. The monoisotopic (exact) mass is 326 g/mol. The summed E-state index contributed by atoms with van der Waals surface area (Å²) >= 11 is 0. The third-order valence-corrected chi connectivity index (χ3v) is 3.66. The molecule has 1 heterocycles. The molecule has 0 spiro atoms. The molecule has 0 aliphatic carbocycles. The molecule has 24 heavy (non-hydrogen) atoms. The number of rotatable bonds is 2. The summed E-state index contributed by atoms with van der Waals surface area (Å²) in [7, 11) is 1.83. The fourth-order valence-corrected chi connectivity index (χ4v) is 2.52. The summed E-state index contributed by atoms with van der Waals surface area (Å²) in [6.45, 7) is 5.39. The van der Waals surface area contributed by atoms with Crippen molar-refractivity contribution in [2.45, 2.75) is 26.4 Å². The third-order valence-electron chi connectivity index (χ3n) is 3.66. The normalized spacial score (nSPS) is 11.7. The van der Waals surface area contributed by atoms with E-state index in [4.69, 9.17) is 4.74 Å². The van der Waals surface area contributed by atoms with Gasteiger partial charge in [0.25, 0.3) is 0 Å². The molecule has 3 rings (SSSR count). The van der Waals surface area contributed by atoms with Crippen molar-refractivity contribution in [3.63, 3.8) is 0 Å². The van der Waals surface area contributed by atoms with E-state index in [2.05, 4.69) is 5.10 Å². The predicted octanol–water partition coefficient (Wildman–Crippen LogP) is 4.33. The molecule has 1 aromatic heterocycles. The molecule has 0 amide bonds. The summed E-state index contributed by atoms with van der Waals surface area (Å²) in [6, 6.07) is 9.83. The van der Waals surface area contributed by atoms with E-state index in [0.717, 1.165) is 10.9 Å². The average molecular weight is 326 g/mol. The third kappa shape index (κ3) is 3.15. The van der Waals surface area contributed by atoms with Gasteiger partial charge < -0.3 is 4.74 Å². The highest BCUT2D eigenvalue weighted by Gasteiger charge is 2.19. The molecular weight excluding hydrogens is 307 g/mol. The van der Waals surface area contributed by atoms with Crippen LogP contribution in [0.25, 0.3) is 22.0 Å². The van der Waals surface area contributed by atoms with Gasteiger partial charge in [0.2, 0.25) is 0 Å². The van der Waals surface area contributed by atoms with E-state index in [1.165, 1.54) is 18.2 Å². The molecule has 4 nitrogen and oxygen atoms in total. The lowest BCUT2D eigenvalue weighted by Gasteiger charge is -2.19. The van der Waals surface area contributed by atoms with Crippen LogP contribution in [0.2, 0.25) is 0 Å². The van der Waals surface area contributed by atoms with Crippen LogP contribution in [0.4, 0.5) is 4.39 Å². The summed E-state index contributed by atoms with van der Waals surface area (Å²) in [4.78, 5) is 12.2. The summed E-state index contributed by atoms with van der Waals surface area (Å²) < 4.78 is 21.4. The zero-order valence-electron chi connectivity index (χ0n) is 14.1. The number of benzene rings is 2. The van der Waals surface area contributed by atoms with Crippen molar-refractivity contribution in [2.24, 2.45) is 7.05 Å². The van der Waals surface area contributed by atoms with E-state index >= 15 is 0 Å². The molecule has 0 atom stereocenters. The molecule has 0 saturated heterocycles. The van der Waals surface area contributed by atoms with Crippen molar-refractivity contribution in [1.29, 1.82) is 0 Å². The van der Waals surface area contributed by atoms with Gasteiger partial charge in [-0.2, -0.15) is 5.10 Å². The second-order valence-corrected chi connectivity index (χ2v) is 6.74. The Morgan fingerprint density at radius 1 is 1.17 bits per heavy atom. The van der Waals surface area contributed by atoms with E-state index in [0.29, 0.717) is 16.7 Å². The molecule has 0 radical (unpaired) electrons. The molecule has 0 aliphatic rings. The standard InChI is InChI=1S/C19H19FN2O2/c1-19(2,3)24-18(23)13-7-8-16(20)15(9-13)12-5-6-14-11-21-22(4)17(14)10-12/h5-11H,1-4H3. The quantitative estimate of drug-likeness (QED) is 0.658. The number of carbonyl (C=O) groups is 1. The van der Waals surface area contributed by atoms with Crippen LogP contribution < -0.4 is 0 Å². The zero-order valence-corrected chi connectivity index (χ0v) is 14.1. The number of hydrogen-bond donors (Lipinski definition) is 0. The molecule has 0 unspecified atom stereocenters. The highest BCUT2D eigenvalue weighted by molar-refractivity contribution is 5.92. The smallest absolute Gasteiger partial charge is 0.338 e. The summed E-state index contributed by atoms with van der Waals surface area (Å²) in [5, 5.41) is 5.16. The van der Waals surface area contributed by atoms with Crippen molar-refractivity contribution in [1.82, 2.24) is 9.78 Å². The lowest BCUT2D eigenvalue weighted by atomic mass is 10.0. The first kappa shape index (κ1) is 16.2. The fourth-order valence-electron chi connectivity index (χ4n) is 2.52. The van der Waals surface area contributed by atoms with Gasteiger partial charge in [0, 0.05) is 18.0 Å². The van der Waals surface area contributed by atoms with Crippen LogP contribution in [0.15, 0.2) is 42.6 Å². The van der Waals surface area contributed by atoms with Gasteiger partial charge in [0.1, 0.15) is 11.4 Å². The fraction of sp³-hybridized carbons (Fsp3) is 0.263. The Balaban J connectivity index is 2.04. The van der Waals surface area contributed by atoms with E-state index < -0.39 is 11.6 Å².